The number of ether oxygens (including phenoxy) is 2. The summed E-state index contributed by atoms with van der Waals surface area (Å²) >= 11 is 0. The number of rotatable bonds is 7. The van der Waals surface area contributed by atoms with Crippen LogP contribution in [0.2, 0.25) is 0 Å². The zero-order chi connectivity index (χ0) is 24.1. The first-order valence-electron chi connectivity index (χ1n) is 10.5. The highest BCUT2D eigenvalue weighted by Crippen LogP contribution is 2.25. The second kappa shape index (κ2) is 9.91. The minimum absolute atomic E-state index is 0.108. The number of hydrogen-bond acceptors (Lipinski definition) is 5. The molecule has 172 valence electrons. The van der Waals surface area contributed by atoms with E-state index in [1.807, 2.05) is 48.5 Å². The Balaban J connectivity index is 1.42. The minimum Gasteiger partial charge on any atom is -0.497 e. The second-order valence-electron chi connectivity index (χ2n) is 7.51. The van der Waals surface area contributed by atoms with Crippen LogP contribution in [-0.4, -0.2) is 43.5 Å². The van der Waals surface area contributed by atoms with Crippen molar-refractivity contribution in [3.63, 3.8) is 0 Å². The number of anilines is 1. The van der Waals surface area contributed by atoms with Gasteiger partial charge < -0.3 is 20.1 Å². The molecule has 0 atom stereocenters. The van der Waals surface area contributed by atoms with Gasteiger partial charge in [-0.05, 0) is 59.2 Å². The summed E-state index contributed by atoms with van der Waals surface area (Å²) in [5.41, 5.74) is 3.36. The molecule has 1 aliphatic rings. The Morgan fingerprint density at radius 1 is 0.912 bits per heavy atom. The summed E-state index contributed by atoms with van der Waals surface area (Å²) in [6.45, 7) is -0.400. The molecular formula is C26H23N3O5. The van der Waals surface area contributed by atoms with Gasteiger partial charge in [-0.3, -0.25) is 9.59 Å². The number of urea groups is 1. The maximum absolute atomic E-state index is 12.7. The van der Waals surface area contributed by atoms with E-state index in [9.17, 15) is 14.4 Å². The predicted octanol–water partition coefficient (Wildman–Crippen LogP) is 3.90. The number of imide groups is 1. The van der Waals surface area contributed by atoms with Gasteiger partial charge >= 0.3 is 6.03 Å². The van der Waals surface area contributed by atoms with Gasteiger partial charge in [-0.1, -0.05) is 36.4 Å². The van der Waals surface area contributed by atoms with Crippen LogP contribution in [0, 0.1) is 0 Å². The molecule has 0 bridgehead atoms. The monoisotopic (exact) mass is 457 g/mol. The van der Waals surface area contributed by atoms with Crippen molar-refractivity contribution in [3.8, 4) is 22.6 Å². The van der Waals surface area contributed by atoms with Gasteiger partial charge in [0.15, 0.2) is 0 Å². The quantitative estimate of drug-likeness (QED) is 0.414. The molecule has 0 aliphatic carbocycles. The number of carbonyl (C=O) groups is 3. The van der Waals surface area contributed by atoms with Gasteiger partial charge in [0.25, 0.3) is 5.91 Å². The minimum atomic E-state index is -0.644. The zero-order valence-electron chi connectivity index (χ0n) is 18.7. The van der Waals surface area contributed by atoms with Crippen molar-refractivity contribution in [1.82, 2.24) is 10.2 Å². The Hall–Kier alpha value is -4.59. The van der Waals surface area contributed by atoms with Crippen molar-refractivity contribution in [3.05, 3.63) is 84.1 Å². The first kappa shape index (κ1) is 22.6. The number of carbonyl (C=O) groups excluding carboxylic acids is 3. The highest BCUT2D eigenvalue weighted by molar-refractivity contribution is 6.15. The van der Waals surface area contributed by atoms with Gasteiger partial charge in [0.05, 0.1) is 14.2 Å². The molecule has 0 radical (unpaired) electrons. The van der Waals surface area contributed by atoms with Gasteiger partial charge in [0, 0.05) is 5.69 Å². The van der Waals surface area contributed by atoms with Crippen LogP contribution >= 0.6 is 0 Å². The lowest BCUT2D eigenvalue weighted by atomic mass is 10.0. The molecule has 1 saturated heterocycles. The lowest BCUT2D eigenvalue weighted by Gasteiger charge is -2.12. The van der Waals surface area contributed by atoms with E-state index in [1.165, 1.54) is 0 Å². The Morgan fingerprint density at radius 2 is 1.62 bits per heavy atom. The van der Waals surface area contributed by atoms with Crippen LogP contribution in [0.5, 0.6) is 11.5 Å². The van der Waals surface area contributed by atoms with Gasteiger partial charge in [0.2, 0.25) is 5.91 Å². The van der Waals surface area contributed by atoms with Crippen molar-refractivity contribution < 1.29 is 23.9 Å². The molecule has 34 heavy (non-hydrogen) atoms. The third-order valence-electron chi connectivity index (χ3n) is 5.26. The number of hydrogen-bond donors (Lipinski definition) is 2. The summed E-state index contributed by atoms with van der Waals surface area (Å²) < 4.78 is 10.3. The Bertz CT molecular complexity index is 1250. The SMILES string of the molecule is COc1ccc(NC(=O)CN2C(=O)N/C(=C\c3ccc(-c4cccc(OC)c4)cc3)C2=O)cc1. The molecular weight excluding hydrogens is 434 g/mol. The van der Waals surface area contributed by atoms with Crippen LogP contribution in [0.25, 0.3) is 17.2 Å². The maximum atomic E-state index is 12.7. The van der Waals surface area contributed by atoms with Crippen molar-refractivity contribution in [2.75, 3.05) is 26.1 Å². The molecule has 0 unspecified atom stereocenters. The number of nitrogens with zero attached hydrogens (tertiary/aromatic N) is 1. The fourth-order valence-corrected chi connectivity index (χ4v) is 3.47. The summed E-state index contributed by atoms with van der Waals surface area (Å²) in [7, 11) is 3.17. The maximum Gasteiger partial charge on any atom is 0.329 e. The molecule has 1 heterocycles. The predicted molar refractivity (Wildman–Crippen MR) is 128 cm³/mol. The molecule has 1 aliphatic heterocycles. The number of amides is 4. The van der Waals surface area contributed by atoms with E-state index in [-0.39, 0.29) is 5.70 Å². The number of nitrogens with one attached hydrogen (secondary N) is 2. The Kier molecular flexibility index (Phi) is 6.59. The van der Waals surface area contributed by atoms with E-state index < -0.39 is 24.4 Å². The molecule has 2 N–H and O–H groups in total. The van der Waals surface area contributed by atoms with E-state index in [1.54, 1.807) is 44.6 Å². The third-order valence-corrected chi connectivity index (χ3v) is 5.26. The standard InChI is InChI=1S/C26H23N3O5/c1-33-21-12-10-20(11-13-21)27-24(30)16-29-25(31)23(28-26(29)32)14-17-6-8-18(9-7-17)19-4-3-5-22(15-19)34-2/h3-15H,16H2,1-2H3,(H,27,30)(H,28,32)/b23-14-. The number of methoxy groups -OCH3 is 2. The van der Waals surface area contributed by atoms with Crippen LogP contribution in [-0.2, 0) is 9.59 Å². The van der Waals surface area contributed by atoms with Crippen LogP contribution in [0.15, 0.2) is 78.5 Å². The molecule has 1 fully saturated rings. The van der Waals surface area contributed by atoms with Gasteiger partial charge in [-0.15, -0.1) is 0 Å². The average Bonchev–Trinajstić information content (AvgIpc) is 3.12. The van der Waals surface area contributed by atoms with Crippen LogP contribution < -0.4 is 20.1 Å². The van der Waals surface area contributed by atoms with Crippen LogP contribution in [0.3, 0.4) is 0 Å². The summed E-state index contributed by atoms with van der Waals surface area (Å²) in [6.07, 6.45) is 1.58. The smallest absolute Gasteiger partial charge is 0.329 e. The van der Waals surface area contributed by atoms with E-state index >= 15 is 0 Å². The highest BCUT2D eigenvalue weighted by Gasteiger charge is 2.34. The third kappa shape index (κ3) is 5.07. The molecule has 8 heteroatoms. The molecule has 4 rings (SSSR count). The second-order valence-corrected chi connectivity index (χ2v) is 7.51. The average molecular weight is 457 g/mol. The molecule has 4 amide bonds. The lowest BCUT2D eigenvalue weighted by molar-refractivity contribution is -0.127. The van der Waals surface area contributed by atoms with Crippen molar-refractivity contribution in [1.29, 1.82) is 0 Å². The highest BCUT2D eigenvalue weighted by atomic mass is 16.5. The van der Waals surface area contributed by atoms with Gasteiger partial charge in [-0.2, -0.15) is 0 Å². The lowest BCUT2D eigenvalue weighted by Crippen LogP contribution is -2.38. The zero-order valence-corrected chi connectivity index (χ0v) is 18.7. The van der Waals surface area contributed by atoms with Crippen LogP contribution in [0.1, 0.15) is 5.56 Å². The largest absolute Gasteiger partial charge is 0.497 e. The summed E-state index contributed by atoms with van der Waals surface area (Å²) in [6, 6.07) is 21.3. The van der Waals surface area contributed by atoms with Gasteiger partial charge in [0.1, 0.15) is 23.7 Å². The van der Waals surface area contributed by atoms with E-state index in [4.69, 9.17) is 9.47 Å². The Morgan fingerprint density at radius 3 is 2.29 bits per heavy atom. The first-order valence-corrected chi connectivity index (χ1v) is 10.5. The molecule has 3 aromatic rings. The van der Waals surface area contributed by atoms with E-state index in [2.05, 4.69) is 10.6 Å². The van der Waals surface area contributed by atoms with Crippen molar-refractivity contribution >= 4 is 29.6 Å². The van der Waals surface area contributed by atoms with Crippen LogP contribution in [0.4, 0.5) is 10.5 Å². The summed E-state index contributed by atoms with van der Waals surface area (Å²) in [4.78, 5) is 38.2. The fraction of sp³-hybridized carbons (Fsp3) is 0.115. The molecule has 3 aromatic carbocycles. The Labute approximate surface area is 196 Å². The first-order chi connectivity index (χ1) is 16.5. The molecule has 0 saturated carbocycles. The summed E-state index contributed by atoms with van der Waals surface area (Å²) in [5.74, 6) is 0.363. The van der Waals surface area contributed by atoms with Gasteiger partial charge in [-0.25, -0.2) is 9.69 Å². The summed E-state index contributed by atoms with van der Waals surface area (Å²) in [5, 5.41) is 5.19. The molecule has 8 nitrogen and oxygen atoms in total. The topological polar surface area (TPSA) is 97.0 Å². The van der Waals surface area contributed by atoms with E-state index in [0.29, 0.717) is 11.4 Å². The fourth-order valence-electron chi connectivity index (χ4n) is 3.47. The van der Waals surface area contributed by atoms with Crippen molar-refractivity contribution in [2.24, 2.45) is 0 Å². The van der Waals surface area contributed by atoms with E-state index in [0.717, 1.165) is 27.3 Å². The molecule has 0 spiro atoms. The number of benzene rings is 3. The molecule has 0 aromatic heterocycles. The van der Waals surface area contributed by atoms with Crippen molar-refractivity contribution in [2.45, 2.75) is 0 Å². The normalized spacial score (nSPS) is 14.2.